The van der Waals surface area contributed by atoms with Crippen LogP contribution in [0.25, 0.3) is 33.4 Å². The van der Waals surface area contributed by atoms with Crippen LogP contribution in [0.4, 0.5) is 19.0 Å². The molecule has 0 fully saturated rings. The van der Waals surface area contributed by atoms with Gasteiger partial charge in [-0.2, -0.15) is 0 Å². The van der Waals surface area contributed by atoms with E-state index in [9.17, 15) is 13.2 Å². The first-order valence-electron chi connectivity index (χ1n) is 8.11. The van der Waals surface area contributed by atoms with Crippen LogP contribution in [-0.2, 0) is 0 Å². The monoisotopic (exact) mass is 366 g/mol. The van der Waals surface area contributed by atoms with Gasteiger partial charge in [-0.15, -0.1) is 0 Å². The molecule has 0 saturated heterocycles. The maximum absolute atomic E-state index is 14.8. The lowest BCUT2D eigenvalue weighted by Crippen LogP contribution is -2.01. The highest BCUT2D eigenvalue weighted by atomic mass is 19.1. The highest BCUT2D eigenvalue weighted by Gasteiger charge is 2.16. The third kappa shape index (κ3) is 3.08. The number of nitrogens with one attached hydrogen (secondary N) is 1. The summed E-state index contributed by atoms with van der Waals surface area (Å²) in [6.45, 7) is 0. The average Bonchev–Trinajstić information content (AvgIpc) is 2.68. The molecule has 2 aromatic heterocycles. The fourth-order valence-electron chi connectivity index (χ4n) is 2.88. The Labute approximate surface area is 152 Å². The van der Waals surface area contributed by atoms with Gasteiger partial charge in [0.25, 0.3) is 0 Å². The molecule has 134 valence electrons. The van der Waals surface area contributed by atoms with Crippen molar-refractivity contribution in [1.29, 1.82) is 0 Å². The number of fused-ring (bicyclic) bond motifs is 1. The molecule has 0 radical (unpaired) electrons. The van der Waals surface area contributed by atoms with E-state index in [4.69, 9.17) is 0 Å². The molecule has 2 heterocycles. The van der Waals surface area contributed by atoms with Crippen LogP contribution in [0, 0.1) is 17.5 Å². The predicted molar refractivity (Wildman–Crippen MR) is 97.6 cm³/mol. The second-order valence-electron chi connectivity index (χ2n) is 5.87. The van der Waals surface area contributed by atoms with E-state index in [1.165, 1.54) is 12.1 Å². The molecular weight excluding hydrogens is 353 g/mol. The van der Waals surface area contributed by atoms with Gasteiger partial charge in [-0.3, -0.25) is 4.98 Å². The molecule has 4 rings (SSSR count). The number of hydrogen-bond donors (Lipinski definition) is 1. The molecule has 0 spiro atoms. The van der Waals surface area contributed by atoms with E-state index in [2.05, 4.69) is 20.3 Å². The number of benzene rings is 2. The van der Waals surface area contributed by atoms with Crippen LogP contribution in [0.15, 0.2) is 54.9 Å². The molecule has 0 atom stereocenters. The number of nitrogens with zero attached hydrogens (tertiary/aromatic N) is 3. The van der Waals surface area contributed by atoms with Crippen molar-refractivity contribution < 1.29 is 13.2 Å². The van der Waals surface area contributed by atoms with Crippen molar-refractivity contribution in [2.75, 3.05) is 12.4 Å². The lowest BCUT2D eigenvalue weighted by molar-refractivity contribution is 0.585. The van der Waals surface area contributed by atoms with Crippen molar-refractivity contribution in [2.24, 2.45) is 0 Å². The fourth-order valence-corrected chi connectivity index (χ4v) is 2.88. The summed E-state index contributed by atoms with van der Waals surface area (Å²) in [6, 6.07) is 9.42. The Morgan fingerprint density at radius 2 is 1.74 bits per heavy atom. The van der Waals surface area contributed by atoms with Crippen LogP contribution in [0.5, 0.6) is 0 Å². The van der Waals surface area contributed by atoms with Crippen molar-refractivity contribution in [3.05, 3.63) is 72.3 Å². The van der Waals surface area contributed by atoms with Gasteiger partial charge in [-0.25, -0.2) is 23.1 Å². The molecule has 27 heavy (non-hydrogen) atoms. The van der Waals surface area contributed by atoms with Crippen molar-refractivity contribution in [2.45, 2.75) is 0 Å². The molecule has 4 aromatic rings. The Bertz CT molecular complexity index is 1150. The molecule has 2 aromatic carbocycles. The second-order valence-corrected chi connectivity index (χ2v) is 5.87. The van der Waals surface area contributed by atoms with Crippen LogP contribution >= 0.6 is 0 Å². The average molecular weight is 366 g/mol. The van der Waals surface area contributed by atoms with Gasteiger partial charge in [0.05, 0.1) is 0 Å². The van der Waals surface area contributed by atoms with E-state index in [1.54, 1.807) is 37.6 Å². The Hall–Kier alpha value is -3.48. The first-order valence-corrected chi connectivity index (χ1v) is 8.11. The van der Waals surface area contributed by atoms with Crippen LogP contribution in [-0.4, -0.2) is 22.0 Å². The van der Waals surface area contributed by atoms with Crippen molar-refractivity contribution >= 4 is 16.7 Å². The van der Waals surface area contributed by atoms with E-state index >= 15 is 0 Å². The van der Waals surface area contributed by atoms with Crippen LogP contribution in [0.2, 0.25) is 0 Å². The second kappa shape index (κ2) is 6.68. The van der Waals surface area contributed by atoms with E-state index < -0.39 is 17.5 Å². The zero-order valence-corrected chi connectivity index (χ0v) is 14.2. The summed E-state index contributed by atoms with van der Waals surface area (Å²) >= 11 is 0. The zero-order valence-electron chi connectivity index (χ0n) is 14.2. The molecule has 7 heteroatoms. The van der Waals surface area contributed by atoms with Crippen molar-refractivity contribution in [3.8, 4) is 22.5 Å². The molecule has 0 bridgehead atoms. The number of hydrogen-bond acceptors (Lipinski definition) is 4. The topological polar surface area (TPSA) is 50.7 Å². The number of aromatic nitrogens is 3. The summed E-state index contributed by atoms with van der Waals surface area (Å²) < 4.78 is 42.1. The zero-order chi connectivity index (χ0) is 19.0. The van der Waals surface area contributed by atoms with Gasteiger partial charge in [0.2, 0.25) is 0 Å². The number of anilines is 1. The molecule has 0 aliphatic heterocycles. The minimum absolute atomic E-state index is 0.0931. The van der Waals surface area contributed by atoms with Gasteiger partial charge in [0.15, 0.2) is 5.82 Å². The van der Waals surface area contributed by atoms with Crippen LogP contribution in [0.1, 0.15) is 0 Å². The summed E-state index contributed by atoms with van der Waals surface area (Å²) in [6.07, 6.45) is 3.20. The first-order chi connectivity index (χ1) is 13.1. The molecule has 0 aliphatic rings. The predicted octanol–water partition coefficient (Wildman–Crippen LogP) is 4.82. The number of halogens is 3. The van der Waals surface area contributed by atoms with Gasteiger partial charge in [0, 0.05) is 42.0 Å². The first kappa shape index (κ1) is 17.0. The van der Waals surface area contributed by atoms with Crippen molar-refractivity contribution in [1.82, 2.24) is 15.0 Å². The lowest BCUT2D eigenvalue weighted by atomic mass is 10.0. The third-order valence-electron chi connectivity index (χ3n) is 4.15. The van der Waals surface area contributed by atoms with E-state index in [0.29, 0.717) is 22.6 Å². The normalized spacial score (nSPS) is 11.0. The maximum Gasteiger partial charge on any atom is 0.163 e. The standard InChI is InChI=1S/C20H13F3N4/c1-24-20-15-7-12(14-5-4-13(21)9-16(14)22)8-17(23)18(15)26-19(27-20)11-3-2-6-25-10-11/h2-10H,1H3,(H,24,26,27). The smallest absolute Gasteiger partial charge is 0.163 e. The van der Waals surface area contributed by atoms with E-state index in [-0.39, 0.29) is 16.6 Å². The Kier molecular flexibility index (Phi) is 4.19. The number of pyridine rings is 1. The highest BCUT2D eigenvalue weighted by molar-refractivity contribution is 5.94. The molecule has 4 nitrogen and oxygen atoms in total. The van der Waals surface area contributed by atoms with E-state index in [1.807, 2.05) is 0 Å². The summed E-state index contributed by atoms with van der Waals surface area (Å²) in [5, 5.41) is 3.31. The largest absolute Gasteiger partial charge is 0.373 e. The van der Waals surface area contributed by atoms with Gasteiger partial charge in [-0.05, 0) is 42.0 Å². The van der Waals surface area contributed by atoms with Crippen LogP contribution in [0.3, 0.4) is 0 Å². The SMILES string of the molecule is CNc1nc(-c2cccnc2)nc2c(F)cc(-c3ccc(F)cc3F)cc12. The van der Waals surface area contributed by atoms with Gasteiger partial charge < -0.3 is 5.32 Å². The molecule has 0 aliphatic carbocycles. The quantitative estimate of drug-likeness (QED) is 0.565. The Balaban J connectivity index is 1.95. The molecule has 0 saturated carbocycles. The third-order valence-corrected chi connectivity index (χ3v) is 4.15. The maximum atomic E-state index is 14.8. The van der Waals surface area contributed by atoms with Crippen LogP contribution < -0.4 is 5.32 Å². The molecule has 1 N–H and O–H groups in total. The fraction of sp³-hybridized carbons (Fsp3) is 0.0500. The summed E-state index contributed by atoms with van der Waals surface area (Å²) in [4.78, 5) is 12.7. The van der Waals surface area contributed by atoms with Gasteiger partial charge in [0.1, 0.15) is 28.8 Å². The Morgan fingerprint density at radius 3 is 2.44 bits per heavy atom. The Morgan fingerprint density at radius 1 is 0.889 bits per heavy atom. The summed E-state index contributed by atoms with van der Waals surface area (Å²) in [7, 11) is 1.65. The van der Waals surface area contributed by atoms with E-state index in [0.717, 1.165) is 12.1 Å². The molecule has 0 unspecified atom stereocenters. The van der Waals surface area contributed by atoms with Gasteiger partial charge >= 0.3 is 0 Å². The lowest BCUT2D eigenvalue weighted by Gasteiger charge is -2.11. The van der Waals surface area contributed by atoms with Crippen molar-refractivity contribution in [3.63, 3.8) is 0 Å². The highest BCUT2D eigenvalue weighted by Crippen LogP contribution is 2.32. The van der Waals surface area contributed by atoms with Gasteiger partial charge in [-0.1, -0.05) is 0 Å². The number of rotatable bonds is 3. The molecular formula is C20H13F3N4. The molecule has 0 amide bonds. The minimum atomic E-state index is -0.771. The summed E-state index contributed by atoms with van der Waals surface area (Å²) in [5.41, 5.74) is 1.10. The summed E-state index contributed by atoms with van der Waals surface area (Å²) in [5.74, 6) is -1.39. The minimum Gasteiger partial charge on any atom is -0.373 e.